The number of nitrogens with zero attached hydrogens (tertiary/aromatic N) is 2. The Labute approximate surface area is 117 Å². The smallest absolute Gasteiger partial charge is 0.129 e. The molecular formula is C16H15ClN2. The molecule has 0 amide bonds. The third-order valence-electron chi connectivity index (χ3n) is 3.29. The van der Waals surface area contributed by atoms with Crippen LogP contribution in [-0.2, 0) is 5.88 Å². The first-order valence-corrected chi connectivity index (χ1v) is 6.83. The number of hydrogen-bond donors (Lipinski definition) is 0. The van der Waals surface area contributed by atoms with Crippen LogP contribution in [0.5, 0.6) is 0 Å². The summed E-state index contributed by atoms with van der Waals surface area (Å²) in [7, 11) is 0. The maximum Gasteiger partial charge on any atom is 0.129 e. The minimum atomic E-state index is 0.404. The lowest BCUT2D eigenvalue weighted by Crippen LogP contribution is -1.99. The molecule has 0 fully saturated rings. The van der Waals surface area contributed by atoms with Crippen molar-refractivity contribution in [2.24, 2.45) is 0 Å². The molecule has 2 aromatic carbocycles. The quantitative estimate of drug-likeness (QED) is 0.632. The van der Waals surface area contributed by atoms with E-state index < -0.39 is 0 Å². The van der Waals surface area contributed by atoms with Gasteiger partial charge in [0.1, 0.15) is 5.82 Å². The summed E-state index contributed by atoms with van der Waals surface area (Å²) in [6.07, 6.45) is 0. The second-order valence-electron chi connectivity index (χ2n) is 4.82. The van der Waals surface area contributed by atoms with E-state index >= 15 is 0 Å². The van der Waals surface area contributed by atoms with Crippen molar-refractivity contribution >= 4 is 22.6 Å². The highest BCUT2D eigenvalue weighted by atomic mass is 35.5. The minimum absolute atomic E-state index is 0.404. The molecule has 0 atom stereocenters. The Hall–Kier alpha value is -1.80. The molecule has 0 saturated heterocycles. The van der Waals surface area contributed by atoms with Crippen LogP contribution in [0.4, 0.5) is 0 Å². The lowest BCUT2D eigenvalue weighted by atomic mass is 10.2. The molecule has 0 radical (unpaired) electrons. The summed E-state index contributed by atoms with van der Waals surface area (Å²) >= 11 is 6.04. The maximum atomic E-state index is 6.04. The topological polar surface area (TPSA) is 17.8 Å². The van der Waals surface area contributed by atoms with E-state index in [9.17, 15) is 0 Å². The zero-order valence-electron chi connectivity index (χ0n) is 11.0. The number of imidazole rings is 1. The van der Waals surface area contributed by atoms with E-state index in [-0.39, 0.29) is 0 Å². The molecule has 0 bridgehead atoms. The second kappa shape index (κ2) is 4.71. The van der Waals surface area contributed by atoms with E-state index in [1.807, 2.05) is 6.07 Å². The number of benzene rings is 2. The van der Waals surface area contributed by atoms with E-state index in [1.165, 1.54) is 11.1 Å². The summed E-state index contributed by atoms with van der Waals surface area (Å²) in [5.74, 6) is 1.29. The molecule has 1 aromatic heterocycles. The summed E-state index contributed by atoms with van der Waals surface area (Å²) in [6, 6.07) is 14.7. The maximum absolute atomic E-state index is 6.04. The Morgan fingerprint density at radius 2 is 1.68 bits per heavy atom. The summed E-state index contributed by atoms with van der Waals surface area (Å²) in [6.45, 7) is 4.18. The van der Waals surface area contributed by atoms with Crippen LogP contribution in [0.2, 0.25) is 0 Å². The van der Waals surface area contributed by atoms with Gasteiger partial charge in [0.2, 0.25) is 0 Å². The molecule has 2 nitrogen and oxygen atoms in total. The molecule has 0 aliphatic heterocycles. The van der Waals surface area contributed by atoms with E-state index in [4.69, 9.17) is 11.6 Å². The van der Waals surface area contributed by atoms with Crippen LogP contribution < -0.4 is 0 Å². The lowest BCUT2D eigenvalue weighted by Gasteiger charge is -2.08. The van der Waals surface area contributed by atoms with Crippen LogP contribution in [0.15, 0.2) is 42.5 Å². The van der Waals surface area contributed by atoms with Gasteiger partial charge in [0.15, 0.2) is 0 Å². The fraction of sp³-hybridized carbons (Fsp3) is 0.188. The van der Waals surface area contributed by atoms with E-state index in [1.54, 1.807) is 0 Å². The molecule has 3 rings (SSSR count). The van der Waals surface area contributed by atoms with Gasteiger partial charge in [-0.25, -0.2) is 4.98 Å². The number of halogens is 1. The van der Waals surface area contributed by atoms with Gasteiger partial charge in [-0.1, -0.05) is 23.8 Å². The van der Waals surface area contributed by atoms with Crippen LogP contribution in [0.1, 0.15) is 17.0 Å². The van der Waals surface area contributed by atoms with E-state index in [2.05, 4.69) is 59.8 Å². The van der Waals surface area contributed by atoms with Crippen molar-refractivity contribution < 1.29 is 0 Å². The molecule has 0 aliphatic carbocycles. The zero-order chi connectivity index (χ0) is 13.4. The Kier molecular flexibility index (Phi) is 3.03. The van der Waals surface area contributed by atoms with Gasteiger partial charge in [0.05, 0.1) is 16.9 Å². The van der Waals surface area contributed by atoms with Gasteiger partial charge in [-0.2, -0.15) is 0 Å². The average Bonchev–Trinajstić information content (AvgIpc) is 2.77. The Morgan fingerprint density at radius 3 is 2.37 bits per heavy atom. The standard InChI is InChI=1S/C16H15ClN2/c1-11-3-6-13(7-4-11)19-15-9-12(2)5-8-14(15)18-16(19)10-17/h3-9H,10H2,1-2H3. The molecular weight excluding hydrogens is 256 g/mol. The molecule has 96 valence electrons. The Morgan fingerprint density at radius 1 is 1.00 bits per heavy atom. The summed E-state index contributed by atoms with van der Waals surface area (Å²) in [5.41, 5.74) is 5.68. The van der Waals surface area contributed by atoms with Crippen LogP contribution in [0.25, 0.3) is 16.7 Å². The van der Waals surface area contributed by atoms with Gasteiger partial charge in [-0.15, -0.1) is 11.6 Å². The Bertz CT molecular complexity index is 726. The first kappa shape index (κ1) is 12.2. The van der Waals surface area contributed by atoms with Crippen molar-refractivity contribution in [2.45, 2.75) is 19.7 Å². The number of alkyl halides is 1. The number of aromatic nitrogens is 2. The van der Waals surface area contributed by atoms with E-state index in [0.29, 0.717) is 5.88 Å². The molecule has 0 spiro atoms. The highest BCUT2D eigenvalue weighted by molar-refractivity contribution is 6.17. The van der Waals surface area contributed by atoms with Crippen LogP contribution in [-0.4, -0.2) is 9.55 Å². The SMILES string of the molecule is Cc1ccc(-n2c(CCl)nc3ccc(C)cc32)cc1. The van der Waals surface area contributed by atoms with Crippen molar-refractivity contribution in [2.75, 3.05) is 0 Å². The van der Waals surface area contributed by atoms with Crippen LogP contribution in [0.3, 0.4) is 0 Å². The number of rotatable bonds is 2. The van der Waals surface area contributed by atoms with Gasteiger partial charge in [0, 0.05) is 5.69 Å². The van der Waals surface area contributed by atoms with Crippen molar-refractivity contribution in [3.63, 3.8) is 0 Å². The van der Waals surface area contributed by atoms with Gasteiger partial charge < -0.3 is 0 Å². The van der Waals surface area contributed by atoms with Gasteiger partial charge in [-0.3, -0.25) is 4.57 Å². The molecule has 0 unspecified atom stereocenters. The monoisotopic (exact) mass is 270 g/mol. The lowest BCUT2D eigenvalue weighted by molar-refractivity contribution is 0.981. The molecule has 0 N–H and O–H groups in total. The molecule has 1 heterocycles. The Balaban J connectivity index is 2.31. The second-order valence-corrected chi connectivity index (χ2v) is 5.09. The molecule has 0 aliphatic rings. The summed E-state index contributed by atoms with van der Waals surface area (Å²) < 4.78 is 2.13. The molecule has 3 aromatic rings. The zero-order valence-corrected chi connectivity index (χ0v) is 11.8. The number of aryl methyl sites for hydroxylation is 2. The first-order chi connectivity index (χ1) is 9.19. The molecule has 0 saturated carbocycles. The number of hydrogen-bond acceptors (Lipinski definition) is 1. The number of fused-ring (bicyclic) bond motifs is 1. The molecule has 3 heteroatoms. The molecule has 19 heavy (non-hydrogen) atoms. The normalized spacial score (nSPS) is 11.1. The third kappa shape index (κ3) is 2.13. The first-order valence-electron chi connectivity index (χ1n) is 6.30. The minimum Gasteiger partial charge on any atom is -0.295 e. The van der Waals surface area contributed by atoms with E-state index in [0.717, 1.165) is 22.5 Å². The van der Waals surface area contributed by atoms with Crippen molar-refractivity contribution in [3.8, 4) is 5.69 Å². The predicted octanol–water partition coefficient (Wildman–Crippen LogP) is 4.38. The highest BCUT2D eigenvalue weighted by Crippen LogP contribution is 2.23. The predicted molar refractivity (Wildman–Crippen MR) is 80.1 cm³/mol. The van der Waals surface area contributed by atoms with Crippen LogP contribution in [0, 0.1) is 13.8 Å². The third-order valence-corrected chi connectivity index (χ3v) is 3.53. The summed E-state index contributed by atoms with van der Waals surface area (Å²) in [5, 5.41) is 0. The van der Waals surface area contributed by atoms with Gasteiger partial charge >= 0.3 is 0 Å². The largest absolute Gasteiger partial charge is 0.295 e. The van der Waals surface area contributed by atoms with Gasteiger partial charge in [0.25, 0.3) is 0 Å². The van der Waals surface area contributed by atoms with Crippen molar-refractivity contribution in [1.29, 1.82) is 0 Å². The van der Waals surface area contributed by atoms with Crippen molar-refractivity contribution in [3.05, 3.63) is 59.4 Å². The van der Waals surface area contributed by atoms with Gasteiger partial charge in [-0.05, 0) is 43.7 Å². The van der Waals surface area contributed by atoms with Crippen molar-refractivity contribution in [1.82, 2.24) is 9.55 Å². The highest BCUT2D eigenvalue weighted by Gasteiger charge is 2.11. The fourth-order valence-electron chi connectivity index (χ4n) is 2.31. The fourth-order valence-corrected chi connectivity index (χ4v) is 2.49. The summed E-state index contributed by atoms with van der Waals surface area (Å²) in [4.78, 5) is 4.60. The van der Waals surface area contributed by atoms with Crippen LogP contribution >= 0.6 is 11.6 Å². The average molecular weight is 271 g/mol.